The Morgan fingerprint density at radius 2 is 2.08 bits per heavy atom. The largest absolute Gasteiger partial charge is 0.332 e. The second-order valence-corrected chi connectivity index (χ2v) is 8.78. The maximum Gasteiger partial charge on any atom is 0.274 e. The van der Waals surface area contributed by atoms with Crippen LogP contribution in [0.2, 0.25) is 0 Å². The van der Waals surface area contributed by atoms with Crippen molar-refractivity contribution in [2.45, 2.75) is 45.6 Å². The van der Waals surface area contributed by atoms with E-state index < -0.39 is 0 Å². The van der Waals surface area contributed by atoms with Crippen LogP contribution in [-0.4, -0.2) is 34.9 Å². The topological polar surface area (TPSA) is 59.2 Å². The molecule has 2 fully saturated rings. The van der Waals surface area contributed by atoms with Gasteiger partial charge in [0.05, 0.1) is 9.88 Å². The lowest BCUT2D eigenvalue weighted by Crippen LogP contribution is -2.43. The summed E-state index contributed by atoms with van der Waals surface area (Å²) in [5.74, 6) is 1.27. The van der Waals surface area contributed by atoms with E-state index in [9.17, 15) is 4.79 Å². The van der Waals surface area contributed by atoms with Gasteiger partial charge in [-0.3, -0.25) is 4.79 Å². The number of nitrogens with zero attached hydrogens (tertiary/aromatic N) is 2. The molecule has 3 atom stereocenters. The number of amides is 1. The number of fused-ring (bicyclic) bond motifs is 1. The van der Waals surface area contributed by atoms with Crippen LogP contribution >= 0.6 is 11.3 Å². The Labute approximate surface area is 159 Å². The lowest BCUT2D eigenvalue weighted by atomic mass is 9.94. The molecule has 1 saturated carbocycles. The third kappa shape index (κ3) is 2.97. The van der Waals surface area contributed by atoms with Crippen LogP contribution in [0.1, 0.15) is 47.2 Å². The van der Waals surface area contributed by atoms with Crippen LogP contribution < -0.4 is 5.73 Å². The fraction of sp³-hybridized carbons (Fsp3) is 0.524. The van der Waals surface area contributed by atoms with Gasteiger partial charge in [0.2, 0.25) is 0 Å². The van der Waals surface area contributed by atoms with Crippen molar-refractivity contribution < 1.29 is 4.79 Å². The molecule has 1 saturated heterocycles. The smallest absolute Gasteiger partial charge is 0.274 e. The quantitative estimate of drug-likeness (QED) is 0.890. The predicted molar refractivity (Wildman–Crippen MR) is 106 cm³/mol. The van der Waals surface area contributed by atoms with Crippen molar-refractivity contribution in [2.24, 2.45) is 17.6 Å². The molecule has 138 valence electrons. The standard InChI is InChI=1S/C21H27N3OS/c1-3-14-7-9-15(10-8-14)20-19(23-13(2)26-20)21(25)24-12-16-5-4-6-17(16)18(24)11-22/h7-10,16-18H,3-6,11-12,22H2,1-2H3/t16-,17-,18+/m0/s1. The van der Waals surface area contributed by atoms with Gasteiger partial charge in [-0.2, -0.15) is 0 Å². The number of benzene rings is 1. The van der Waals surface area contributed by atoms with Gasteiger partial charge in [0.15, 0.2) is 0 Å². The van der Waals surface area contributed by atoms with E-state index in [1.165, 1.54) is 24.8 Å². The molecule has 0 unspecified atom stereocenters. The molecule has 2 aromatic rings. The van der Waals surface area contributed by atoms with Crippen LogP contribution in [0.25, 0.3) is 10.4 Å². The highest BCUT2D eigenvalue weighted by molar-refractivity contribution is 7.15. The molecule has 2 heterocycles. The minimum absolute atomic E-state index is 0.0637. The van der Waals surface area contributed by atoms with Gasteiger partial charge in [0.1, 0.15) is 5.69 Å². The molecule has 1 aromatic heterocycles. The normalized spacial score (nSPS) is 24.9. The first-order chi connectivity index (χ1) is 12.6. The summed E-state index contributed by atoms with van der Waals surface area (Å²) in [6.07, 6.45) is 4.73. The molecule has 5 heteroatoms. The molecule has 0 radical (unpaired) electrons. The predicted octanol–water partition coefficient (Wildman–Crippen LogP) is 3.88. The maximum absolute atomic E-state index is 13.4. The van der Waals surface area contributed by atoms with E-state index in [0.29, 0.717) is 24.1 Å². The average molecular weight is 370 g/mol. The first-order valence-electron chi connectivity index (χ1n) is 9.70. The second kappa shape index (κ2) is 7.12. The highest BCUT2D eigenvalue weighted by Gasteiger charge is 2.46. The summed E-state index contributed by atoms with van der Waals surface area (Å²) in [5, 5.41) is 0.937. The van der Waals surface area contributed by atoms with Crippen molar-refractivity contribution in [2.75, 3.05) is 13.1 Å². The van der Waals surface area contributed by atoms with Crippen molar-refractivity contribution in [3.8, 4) is 10.4 Å². The summed E-state index contributed by atoms with van der Waals surface area (Å²) in [6, 6.07) is 8.68. The van der Waals surface area contributed by atoms with Gasteiger partial charge in [0.25, 0.3) is 5.91 Å². The molecule has 2 aliphatic rings. The van der Waals surface area contributed by atoms with Gasteiger partial charge in [-0.1, -0.05) is 37.6 Å². The SMILES string of the molecule is CCc1ccc(-c2sc(C)nc2C(=O)N2C[C@@H]3CCC[C@@H]3[C@H]2CN)cc1. The Balaban J connectivity index is 1.66. The molecule has 2 N–H and O–H groups in total. The first kappa shape index (κ1) is 17.7. The fourth-order valence-electron chi connectivity index (χ4n) is 4.75. The molecule has 4 rings (SSSR count). The summed E-state index contributed by atoms with van der Waals surface area (Å²) in [7, 11) is 0. The lowest BCUT2D eigenvalue weighted by molar-refractivity contribution is 0.0714. The van der Waals surface area contributed by atoms with Crippen molar-refractivity contribution in [3.05, 3.63) is 40.5 Å². The van der Waals surface area contributed by atoms with Crippen molar-refractivity contribution in [1.82, 2.24) is 9.88 Å². The fourth-order valence-corrected chi connectivity index (χ4v) is 5.66. The van der Waals surface area contributed by atoms with Gasteiger partial charge >= 0.3 is 0 Å². The molecule has 0 spiro atoms. The summed E-state index contributed by atoms with van der Waals surface area (Å²) < 4.78 is 0. The summed E-state index contributed by atoms with van der Waals surface area (Å²) in [6.45, 7) is 5.52. The van der Waals surface area contributed by atoms with Crippen molar-refractivity contribution >= 4 is 17.2 Å². The Hall–Kier alpha value is -1.72. The molecule has 1 amide bonds. The molecule has 1 aliphatic carbocycles. The maximum atomic E-state index is 13.4. The number of carbonyl (C=O) groups is 1. The highest BCUT2D eigenvalue weighted by atomic mass is 32.1. The van der Waals surface area contributed by atoms with E-state index in [-0.39, 0.29) is 11.9 Å². The van der Waals surface area contributed by atoms with Crippen LogP contribution in [0.4, 0.5) is 0 Å². The van der Waals surface area contributed by atoms with E-state index in [2.05, 4.69) is 36.2 Å². The number of aryl methyl sites for hydroxylation is 2. The molecule has 1 aliphatic heterocycles. The number of nitrogens with two attached hydrogens (primary N) is 1. The van der Waals surface area contributed by atoms with Crippen molar-refractivity contribution in [3.63, 3.8) is 0 Å². The van der Waals surface area contributed by atoms with E-state index in [0.717, 1.165) is 28.4 Å². The molecule has 4 nitrogen and oxygen atoms in total. The Morgan fingerprint density at radius 1 is 1.31 bits per heavy atom. The summed E-state index contributed by atoms with van der Waals surface area (Å²) in [5.41, 5.74) is 9.06. The van der Waals surface area contributed by atoms with Gasteiger partial charge in [-0.15, -0.1) is 11.3 Å². The number of likely N-dealkylation sites (tertiary alicyclic amines) is 1. The number of thiazole rings is 1. The number of rotatable bonds is 4. The van der Waals surface area contributed by atoms with Crippen LogP contribution in [0.3, 0.4) is 0 Å². The minimum atomic E-state index is 0.0637. The zero-order valence-electron chi connectivity index (χ0n) is 15.6. The molecule has 26 heavy (non-hydrogen) atoms. The Morgan fingerprint density at radius 3 is 2.77 bits per heavy atom. The van der Waals surface area contributed by atoms with E-state index in [1.54, 1.807) is 11.3 Å². The molecule has 0 bridgehead atoms. The number of hydrogen-bond acceptors (Lipinski definition) is 4. The summed E-state index contributed by atoms with van der Waals surface area (Å²) in [4.78, 5) is 21.0. The van der Waals surface area contributed by atoms with Gasteiger partial charge < -0.3 is 10.6 Å². The monoisotopic (exact) mass is 369 g/mol. The van der Waals surface area contributed by atoms with Crippen LogP contribution in [-0.2, 0) is 6.42 Å². The Kier molecular flexibility index (Phi) is 4.84. The zero-order chi connectivity index (χ0) is 18.3. The Bertz CT molecular complexity index is 798. The molecule has 1 aromatic carbocycles. The number of hydrogen-bond donors (Lipinski definition) is 1. The van der Waals surface area contributed by atoms with Gasteiger partial charge in [-0.25, -0.2) is 4.98 Å². The van der Waals surface area contributed by atoms with E-state index in [4.69, 9.17) is 5.73 Å². The first-order valence-corrected chi connectivity index (χ1v) is 10.5. The van der Waals surface area contributed by atoms with Crippen molar-refractivity contribution in [1.29, 1.82) is 0 Å². The van der Waals surface area contributed by atoms with Crippen LogP contribution in [0.5, 0.6) is 0 Å². The zero-order valence-corrected chi connectivity index (χ0v) is 16.4. The number of carbonyl (C=O) groups excluding carboxylic acids is 1. The number of aromatic nitrogens is 1. The summed E-state index contributed by atoms with van der Waals surface area (Å²) >= 11 is 1.61. The van der Waals surface area contributed by atoms with E-state index >= 15 is 0 Å². The lowest BCUT2D eigenvalue weighted by Gasteiger charge is -2.26. The van der Waals surface area contributed by atoms with E-state index in [1.807, 2.05) is 11.8 Å². The van der Waals surface area contributed by atoms with Crippen LogP contribution in [0, 0.1) is 18.8 Å². The highest BCUT2D eigenvalue weighted by Crippen LogP contribution is 2.43. The van der Waals surface area contributed by atoms with Gasteiger partial charge in [-0.05, 0) is 49.1 Å². The average Bonchev–Trinajstić information content (AvgIpc) is 3.34. The van der Waals surface area contributed by atoms with Gasteiger partial charge in [0, 0.05) is 19.1 Å². The van der Waals surface area contributed by atoms with Crippen LogP contribution in [0.15, 0.2) is 24.3 Å². The second-order valence-electron chi connectivity index (χ2n) is 7.58. The minimum Gasteiger partial charge on any atom is -0.332 e. The molecular formula is C21H27N3OS. The third-order valence-electron chi connectivity index (χ3n) is 6.11. The third-order valence-corrected chi connectivity index (χ3v) is 7.13. The molecular weight excluding hydrogens is 342 g/mol.